The zero-order valence-electron chi connectivity index (χ0n) is 16.1. The molecule has 1 fully saturated rings. The van der Waals surface area contributed by atoms with Crippen molar-refractivity contribution in [3.05, 3.63) is 65.5 Å². The fraction of sp³-hybridized carbons (Fsp3) is 0.333. The molecule has 1 aliphatic heterocycles. The topological polar surface area (TPSA) is 90.9 Å². The number of benzene rings is 2. The number of anilines is 1. The number of nitrogens with one attached hydrogen (secondary N) is 2. The van der Waals surface area contributed by atoms with Crippen molar-refractivity contribution in [1.82, 2.24) is 10.2 Å². The first-order valence-electron chi connectivity index (χ1n) is 9.43. The van der Waals surface area contributed by atoms with E-state index in [1.807, 2.05) is 6.92 Å². The quantitative estimate of drug-likeness (QED) is 0.693. The SMILES string of the molecule is CCNC(=O)Nc1ccc([C@@H](O)[C@H]2COCC(=O)N2Cc2ccccc2F)cc1. The summed E-state index contributed by atoms with van der Waals surface area (Å²) >= 11 is 0. The Morgan fingerprint density at radius 1 is 1.28 bits per heavy atom. The third-order valence-corrected chi connectivity index (χ3v) is 4.75. The highest BCUT2D eigenvalue weighted by atomic mass is 19.1. The molecule has 0 bridgehead atoms. The molecule has 2 atom stereocenters. The normalized spacial score (nSPS) is 17.7. The number of nitrogens with zero attached hydrogens (tertiary/aromatic N) is 1. The number of rotatable bonds is 6. The highest BCUT2D eigenvalue weighted by Crippen LogP contribution is 2.27. The van der Waals surface area contributed by atoms with Gasteiger partial charge in [-0.2, -0.15) is 0 Å². The minimum Gasteiger partial charge on any atom is -0.386 e. The second kappa shape index (κ2) is 9.49. The molecule has 2 aromatic rings. The van der Waals surface area contributed by atoms with Gasteiger partial charge in [-0.15, -0.1) is 0 Å². The van der Waals surface area contributed by atoms with Gasteiger partial charge in [0, 0.05) is 24.3 Å². The van der Waals surface area contributed by atoms with Crippen molar-refractivity contribution in [3.8, 4) is 0 Å². The Hall–Kier alpha value is -2.97. The second-order valence-electron chi connectivity index (χ2n) is 6.75. The number of carbonyl (C=O) groups is 2. The largest absolute Gasteiger partial charge is 0.386 e. The molecule has 0 aliphatic carbocycles. The van der Waals surface area contributed by atoms with Crippen molar-refractivity contribution in [3.63, 3.8) is 0 Å². The predicted octanol–water partition coefficient (Wildman–Crippen LogP) is 2.43. The Bertz CT molecular complexity index is 859. The summed E-state index contributed by atoms with van der Waals surface area (Å²) in [6.45, 7) is 2.41. The number of hydrogen-bond acceptors (Lipinski definition) is 4. The lowest BCUT2D eigenvalue weighted by Crippen LogP contribution is -2.51. The number of morpholine rings is 1. The molecule has 3 amide bonds. The Morgan fingerprint density at radius 3 is 2.69 bits per heavy atom. The Labute approximate surface area is 168 Å². The summed E-state index contributed by atoms with van der Waals surface area (Å²) < 4.78 is 19.4. The fourth-order valence-corrected chi connectivity index (χ4v) is 3.22. The van der Waals surface area contributed by atoms with Crippen molar-refractivity contribution < 1.29 is 23.8 Å². The van der Waals surface area contributed by atoms with Gasteiger partial charge in [0.05, 0.1) is 12.6 Å². The van der Waals surface area contributed by atoms with E-state index < -0.39 is 18.0 Å². The van der Waals surface area contributed by atoms with Gasteiger partial charge in [-0.3, -0.25) is 4.79 Å². The number of aliphatic hydroxyl groups is 1. The van der Waals surface area contributed by atoms with Gasteiger partial charge in [0.2, 0.25) is 5.91 Å². The number of carbonyl (C=O) groups excluding carboxylic acids is 2. The molecule has 8 heteroatoms. The molecule has 154 valence electrons. The van der Waals surface area contributed by atoms with E-state index in [0.717, 1.165) is 0 Å². The summed E-state index contributed by atoms with van der Waals surface area (Å²) in [6, 6.07) is 12.0. The van der Waals surface area contributed by atoms with Crippen LogP contribution in [-0.4, -0.2) is 47.7 Å². The number of hydrogen-bond donors (Lipinski definition) is 3. The van der Waals surface area contributed by atoms with Crippen molar-refractivity contribution in [1.29, 1.82) is 0 Å². The van der Waals surface area contributed by atoms with Crippen LogP contribution in [0.15, 0.2) is 48.5 Å². The molecule has 0 aromatic heterocycles. The van der Waals surface area contributed by atoms with E-state index in [4.69, 9.17) is 4.74 Å². The maximum Gasteiger partial charge on any atom is 0.319 e. The van der Waals surface area contributed by atoms with Crippen LogP contribution < -0.4 is 10.6 Å². The first kappa shape index (κ1) is 20.8. The molecular weight excluding hydrogens is 377 g/mol. The third-order valence-electron chi connectivity index (χ3n) is 4.75. The zero-order chi connectivity index (χ0) is 20.8. The first-order valence-corrected chi connectivity index (χ1v) is 9.43. The van der Waals surface area contributed by atoms with Gasteiger partial charge in [0.15, 0.2) is 0 Å². The summed E-state index contributed by atoms with van der Waals surface area (Å²) in [5, 5.41) is 16.2. The second-order valence-corrected chi connectivity index (χ2v) is 6.75. The van der Waals surface area contributed by atoms with Crippen LogP contribution in [0.4, 0.5) is 14.9 Å². The third kappa shape index (κ3) is 5.10. The molecule has 0 spiro atoms. The van der Waals surface area contributed by atoms with E-state index >= 15 is 0 Å². The predicted molar refractivity (Wildman–Crippen MR) is 106 cm³/mol. The minimum absolute atomic E-state index is 0.0490. The number of amides is 3. The maximum atomic E-state index is 14.1. The Morgan fingerprint density at radius 2 is 2.00 bits per heavy atom. The average molecular weight is 401 g/mol. The summed E-state index contributed by atoms with van der Waals surface area (Å²) in [5.74, 6) is -0.709. The van der Waals surface area contributed by atoms with E-state index in [0.29, 0.717) is 23.4 Å². The van der Waals surface area contributed by atoms with Crippen LogP contribution >= 0.6 is 0 Å². The van der Waals surface area contributed by atoms with Crippen LogP contribution in [0, 0.1) is 5.82 Å². The molecule has 7 nitrogen and oxygen atoms in total. The number of urea groups is 1. The highest BCUT2D eigenvalue weighted by molar-refractivity contribution is 5.89. The number of halogens is 1. The average Bonchev–Trinajstić information content (AvgIpc) is 2.71. The van der Waals surface area contributed by atoms with Crippen LogP contribution in [0.2, 0.25) is 0 Å². The van der Waals surface area contributed by atoms with Gasteiger partial charge in [-0.1, -0.05) is 30.3 Å². The van der Waals surface area contributed by atoms with Crippen LogP contribution in [0.1, 0.15) is 24.2 Å². The number of ether oxygens (including phenoxy) is 1. The highest BCUT2D eigenvalue weighted by Gasteiger charge is 2.35. The van der Waals surface area contributed by atoms with Crippen LogP contribution in [-0.2, 0) is 16.1 Å². The lowest BCUT2D eigenvalue weighted by atomic mass is 9.99. The summed E-state index contributed by atoms with van der Waals surface area (Å²) in [7, 11) is 0. The Kier molecular flexibility index (Phi) is 6.79. The fourth-order valence-electron chi connectivity index (χ4n) is 3.22. The standard InChI is InChI=1S/C21H24FN3O4/c1-2-23-21(28)24-16-9-7-14(8-10-16)20(27)18-12-29-13-19(26)25(18)11-15-5-3-4-6-17(15)22/h3-10,18,20,27H,2,11-13H2,1H3,(H2,23,24,28)/t18-,20-/m1/s1. The van der Waals surface area contributed by atoms with Crippen molar-refractivity contribution in [2.45, 2.75) is 25.6 Å². The van der Waals surface area contributed by atoms with Crippen LogP contribution in [0.3, 0.4) is 0 Å². The maximum absolute atomic E-state index is 14.1. The van der Waals surface area contributed by atoms with Crippen molar-refractivity contribution in [2.75, 3.05) is 25.1 Å². The van der Waals surface area contributed by atoms with Crippen LogP contribution in [0.25, 0.3) is 0 Å². The van der Waals surface area contributed by atoms with Gasteiger partial charge in [-0.05, 0) is 30.7 Å². The molecule has 3 rings (SSSR count). The van der Waals surface area contributed by atoms with E-state index in [1.165, 1.54) is 11.0 Å². The zero-order valence-corrected chi connectivity index (χ0v) is 16.1. The molecule has 0 unspecified atom stereocenters. The molecule has 0 radical (unpaired) electrons. The molecule has 1 saturated heterocycles. The van der Waals surface area contributed by atoms with E-state index in [-0.39, 0.29) is 31.7 Å². The molecule has 3 N–H and O–H groups in total. The lowest BCUT2D eigenvalue weighted by molar-refractivity contribution is -0.155. The van der Waals surface area contributed by atoms with Crippen LogP contribution in [0.5, 0.6) is 0 Å². The summed E-state index contributed by atoms with van der Waals surface area (Å²) in [5.41, 5.74) is 1.51. The lowest BCUT2D eigenvalue weighted by Gasteiger charge is -2.38. The number of aliphatic hydroxyl groups excluding tert-OH is 1. The summed E-state index contributed by atoms with van der Waals surface area (Å²) in [4.78, 5) is 25.5. The van der Waals surface area contributed by atoms with Gasteiger partial charge in [0.25, 0.3) is 0 Å². The minimum atomic E-state index is -1.02. The van der Waals surface area contributed by atoms with E-state index in [2.05, 4.69) is 10.6 Å². The Balaban J connectivity index is 1.75. The van der Waals surface area contributed by atoms with Gasteiger partial charge in [0.1, 0.15) is 18.5 Å². The molecule has 0 saturated carbocycles. The molecule has 2 aromatic carbocycles. The van der Waals surface area contributed by atoms with Gasteiger partial charge < -0.3 is 25.4 Å². The van der Waals surface area contributed by atoms with Crippen molar-refractivity contribution in [2.24, 2.45) is 0 Å². The first-order chi connectivity index (χ1) is 14.0. The monoisotopic (exact) mass is 401 g/mol. The van der Waals surface area contributed by atoms with E-state index in [1.54, 1.807) is 42.5 Å². The van der Waals surface area contributed by atoms with Crippen molar-refractivity contribution >= 4 is 17.6 Å². The van der Waals surface area contributed by atoms with E-state index in [9.17, 15) is 19.1 Å². The summed E-state index contributed by atoms with van der Waals surface area (Å²) in [6.07, 6.45) is -1.02. The molecule has 1 heterocycles. The van der Waals surface area contributed by atoms with Gasteiger partial charge >= 0.3 is 6.03 Å². The molecule has 29 heavy (non-hydrogen) atoms. The molecular formula is C21H24FN3O4. The molecule has 1 aliphatic rings. The van der Waals surface area contributed by atoms with Gasteiger partial charge in [-0.25, -0.2) is 9.18 Å². The smallest absolute Gasteiger partial charge is 0.319 e.